The standard InChI is InChI=1S/C9H12N4O3/c1-6(14)11-7-2-8(3-7)12-4-9(10-5-12)13(15)16/h4-5,7-8H,2-3H2,1H3,(H,11,14). The van der Waals surface area contributed by atoms with Crippen molar-refractivity contribution in [1.82, 2.24) is 14.9 Å². The first-order valence-electron chi connectivity index (χ1n) is 5.01. The summed E-state index contributed by atoms with van der Waals surface area (Å²) in [4.78, 5) is 24.4. The predicted octanol–water partition coefficient (Wildman–Crippen LogP) is 0.631. The maximum Gasteiger partial charge on any atom is 0.381 e. The van der Waals surface area contributed by atoms with Gasteiger partial charge in [0.05, 0.1) is 0 Å². The van der Waals surface area contributed by atoms with E-state index in [-0.39, 0.29) is 23.8 Å². The van der Waals surface area contributed by atoms with E-state index in [0.717, 1.165) is 12.8 Å². The third-order valence-corrected chi connectivity index (χ3v) is 2.72. The second-order valence-electron chi connectivity index (χ2n) is 3.96. The lowest BCUT2D eigenvalue weighted by atomic mass is 9.86. The summed E-state index contributed by atoms with van der Waals surface area (Å²) in [5, 5.41) is 13.2. The van der Waals surface area contributed by atoms with E-state index in [1.807, 2.05) is 0 Å². The predicted molar refractivity (Wildman–Crippen MR) is 54.8 cm³/mol. The van der Waals surface area contributed by atoms with Crippen molar-refractivity contribution in [2.45, 2.75) is 31.8 Å². The molecular formula is C9H12N4O3. The van der Waals surface area contributed by atoms with Crippen molar-refractivity contribution < 1.29 is 9.72 Å². The van der Waals surface area contributed by atoms with E-state index in [0.29, 0.717) is 0 Å². The summed E-state index contributed by atoms with van der Waals surface area (Å²) >= 11 is 0. The molecule has 1 saturated carbocycles. The minimum absolute atomic E-state index is 0.0416. The van der Waals surface area contributed by atoms with Crippen LogP contribution in [0.25, 0.3) is 0 Å². The highest BCUT2D eigenvalue weighted by Crippen LogP contribution is 2.32. The Hall–Kier alpha value is -1.92. The van der Waals surface area contributed by atoms with Gasteiger partial charge in [-0.05, 0) is 22.7 Å². The first-order chi connectivity index (χ1) is 7.56. The molecule has 7 heteroatoms. The van der Waals surface area contributed by atoms with Crippen LogP contribution in [0.1, 0.15) is 25.8 Å². The van der Waals surface area contributed by atoms with Crippen LogP contribution in [-0.2, 0) is 4.79 Å². The maximum atomic E-state index is 10.8. The minimum atomic E-state index is -0.513. The van der Waals surface area contributed by atoms with Crippen LogP contribution >= 0.6 is 0 Å². The normalized spacial score (nSPS) is 23.6. The number of carbonyl (C=O) groups excluding carboxylic acids is 1. The lowest BCUT2D eigenvalue weighted by Gasteiger charge is -2.35. The number of nitrogens with zero attached hydrogens (tertiary/aromatic N) is 3. The molecule has 0 spiro atoms. The van der Waals surface area contributed by atoms with Gasteiger partial charge in [0.1, 0.15) is 6.20 Å². The monoisotopic (exact) mass is 224 g/mol. The first-order valence-corrected chi connectivity index (χ1v) is 5.01. The molecule has 0 atom stereocenters. The summed E-state index contributed by atoms with van der Waals surface area (Å²) in [6.07, 6.45) is 4.49. The van der Waals surface area contributed by atoms with Crippen LogP contribution in [0.2, 0.25) is 0 Å². The fraction of sp³-hybridized carbons (Fsp3) is 0.556. The van der Waals surface area contributed by atoms with Crippen molar-refractivity contribution in [2.24, 2.45) is 0 Å². The average molecular weight is 224 g/mol. The van der Waals surface area contributed by atoms with Crippen LogP contribution in [-0.4, -0.2) is 26.4 Å². The molecule has 1 aliphatic carbocycles. The molecule has 0 radical (unpaired) electrons. The molecule has 86 valence electrons. The fourth-order valence-corrected chi connectivity index (χ4v) is 1.86. The number of nitro groups is 1. The molecule has 1 heterocycles. The van der Waals surface area contributed by atoms with Crippen LogP contribution in [0.4, 0.5) is 5.82 Å². The Morgan fingerprint density at radius 2 is 2.38 bits per heavy atom. The smallest absolute Gasteiger partial charge is 0.358 e. The van der Waals surface area contributed by atoms with E-state index in [1.165, 1.54) is 19.4 Å². The van der Waals surface area contributed by atoms with Crippen LogP contribution < -0.4 is 5.32 Å². The van der Waals surface area contributed by atoms with Crippen molar-refractivity contribution in [3.63, 3.8) is 0 Å². The molecule has 0 bridgehead atoms. The average Bonchev–Trinajstić information content (AvgIpc) is 2.58. The van der Waals surface area contributed by atoms with E-state index in [2.05, 4.69) is 10.3 Å². The molecular weight excluding hydrogens is 212 g/mol. The largest absolute Gasteiger partial charge is 0.381 e. The van der Waals surface area contributed by atoms with Crippen molar-refractivity contribution in [3.8, 4) is 0 Å². The highest BCUT2D eigenvalue weighted by molar-refractivity contribution is 5.73. The Bertz CT molecular complexity index is 422. The molecule has 1 N–H and O–H groups in total. The fourth-order valence-electron chi connectivity index (χ4n) is 1.86. The molecule has 1 aromatic rings. The zero-order valence-corrected chi connectivity index (χ0v) is 8.79. The molecule has 0 aromatic carbocycles. The molecule has 2 rings (SSSR count). The minimum Gasteiger partial charge on any atom is -0.358 e. The van der Waals surface area contributed by atoms with Gasteiger partial charge >= 0.3 is 5.82 Å². The third kappa shape index (κ3) is 2.02. The Morgan fingerprint density at radius 3 is 2.88 bits per heavy atom. The topological polar surface area (TPSA) is 90.1 Å². The zero-order valence-electron chi connectivity index (χ0n) is 8.79. The van der Waals surface area contributed by atoms with Gasteiger partial charge in [-0.3, -0.25) is 4.79 Å². The third-order valence-electron chi connectivity index (χ3n) is 2.72. The van der Waals surface area contributed by atoms with Gasteiger partial charge in [0.2, 0.25) is 12.2 Å². The van der Waals surface area contributed by atoms with Gasteiger partial charge in [-0.25, -0.2) is 0 Å². The van der Waals surface area contributed by atoms with E-state index >= 15 is 0 Å². The molecule has 1 aromatic heterocycles. The van der Waals surface area contributed by atoms with Gasteiger partial charge in [-0.15, -0.1) is 0 Å². The van der Waals surface area contributed by atoms with Gasteiger partial charge in [-0.2, -0.15) is 0 Å². The number of carbonyl (C=O) groups is 1. The summed E-state index contributed by atoms with van der Waals surface area (Å²) in [5.74, 6) is -0.178. The number of nitrogens with one attached hydrogen (secondary N) is 1. The van der Waals surface area contributed by atoms with Crippen LogP contribution in [0.15, 0.2) is 12.5 Å². The lowest BCUT2D eigenvalue weighted by Crippen LogP contribution is -2.43. The van der Waals surface area contributed by atoms with Crippen LogP contribution in [0.3, 0.4) is 0 Å². The summed E-state index contributed by atoms with van der Waals surface area (Å²) in [6.45, 7) is 1.48. The highest BCUT2D eigenvalue weighted by Gasteiger charge is 2.32. The highest BCUT2D eigenvalue weighted by atomic mass is 16.6. The molecule has 16 heavy (non-hydrogen) atoms. The Labute approximate surface area is 91.6 Å². The summed E-state index contributed by atoms with van der Waals surface area (Å²) < 4.78 is 1.73. The van der Waals surface area contributed by atoms with E-state index in [9.17, 15) is 14.9 Å². The van der Waals surface area contributed by atoms with Crippen molar-refractivity contribution in [1.29, 1.82) is 0 Å². The summed E-state index contributed by atoms with van der Waals surface area (Å²) in [7, 11) is 0. The molecule has 1 aliphatic rings. The molecule has 0 unspecified atom stereocenters. The number of amides is 1. The van der Waals surface area contributed by atoms with Gasteiger partial charge in [0, 0.05) is 19.0 Å². The summed E-state index contributed by atoms with van der Waals surface area (Å²) in [6, 6.07) is 0.391. The Balaban J connectivity index is 1.91. The van der Waals surface area contributed by atoms with E-state index < -0.39 is 4.92 Å². The van der Waals surface area contributed by atoms with E-state index in [1.54, 1.807) is 4.57 Å². The van der Waals surface area contributed by atoms with E-state index in [4.69, 9.17) is 0 Å². The Morgan fingerprint density at radius 1 is 1.69 bits per heavy atom. The molecule has 7 nitrogen and oxygen atoms in total. The molecule has 0 aliphatic heterocycles. The number of hydrogen-bond acceptors (Lipinski definition) is 4. The number of imidazole rings is 1. The number of hydrogen-bond donors (Lipinski definition) is 1. The lowest BCUT2D eigenvalue weighted by molar-refractivity contribution is -0.389. The molecule has 0 saturated heterocycles. The van der Waals surface area contributed by atoms with Crippen LogP contribution in [0, 0.1) is 10.1 Å². The van der Waals surface area contributed by atoms with Crippen molar-refractivity contribution in [3.05, 3.63) is 22.6 Å². The first kappa shape index (κ1) is 10.6. The van der Waals surface area contributed by atoms with Crippen molar-refractivity contribution in [2.75, 3.05) is 0 Å². The van der Waals surface area contributed by atoms with Gasteiger partial charge in [-0.1, -0.05) is 0 Å². The van der Waals surface area contributed by atoms with Crippen LogP contribution in [0.5, 0.6) is 0 Å². The van der Waals surface area contributed by atoms with Crippen molar-refractivity contribution >= 4 is 11.7 Å². The SMILES string of the molecule is CC(=O)NC1CC(n2cnc([N+](=O)[O-])c2)C1. The molecule has 1 fully saturated rings. The van der Waals surface area contributed by atoms with Gasteiger partial charge in [0.15, 0.2) is 0 Å². The number of rotatable bonds is 3. The van der Waals surface area contributed by atoms with Gasteiger partial charge < -0.3 is 20.0 Å². The maximum absolute atomic E-state index is 10.8. The van der Waals surface area contributed by atoms with Gasteiger partial charge in [0.25, 0.3) is 0 Å². The summed E-state index contributed by atoms with van der Waals surface area (Å²) in [5.41, 5.74) is 0. The number of aromatic nitrogens is 2. The Kier molecular flexibility index (Phi) is 2.59. The zero-order chi connectivity index (χ0) is 11.7. The quantitative estimate of drug-likeness (QED) is 0.602. The molecule has 1 amide bonds. The second-order valence-corrected chi connectivity index (χ2v) is 3.96. The second kappa shape index (κ2) is 3.92.